The molecule has 0 aliphatic rings. The lowest BCUT2D eigenvalue weighted by molar-refractivity contribution is -0.146. The van der Waals surface area contributed by atoms with E-state index in [0.29, 0.717) is 5.56 Å². The summed E-state index contributed by atoms with van der Waals surface area (Å²) in [7, 11) is 0. The number of carboxylic acids is 2. The number of rotatable bonds is 4. The largest absolute Gasteiger partial charge is 0.481 e. The minimum absolute atomic E-state index is 0.600. The van der Waals surface area contributed by atoms with Gasteiger partial charge in [0.15, 0.2) is 0 Å². The Bertz CT molecular complexity index is 541. The van der Waals surface area contributed by atoms with Crippen molar-refractivity contribution in [1.82, 2.24) is 5.32 Å². The summed E-state index contributed by atoms with van der Waals surface area (Å²) < 4.78 is 0. The van der Waals surface area contributed by atoms with Gasteiger partial charge in [-0.3, -0.25) is 9.59 Å². The first-order valence-electron chi connectivity index (χ1n) is 5.31. The molecule has 1 amide bonds. The zero-order valence-corrected chi connectivity index (χ0v) is 9.79. The van der Waals surface area contributed by atoms with E-state index in [-0.39, 0.29) is 0 Å². The minimum Gasteiger partial charge on any atom is -0.481 e. The summed E-state index contributed by atoms with van der Waals surface area (Å²) in [4.78, 5) is 32.5. The average molecular weight is 261 g/mol. The fourth-order valence-electron chi connectivity index (χ4n) is 1.22. The van der Waals surface area contributed by atoms with E-state index in [1.807, 2.05) is 5.32 Å². The van der Waals surface area contributed by atoms with Crippen molar-refractivity contribution in [3.05, 3.63) is 35.9 Å². The Kier molecular flexibility index (Phi) is 5.11. The maximum Gasteiger partial charge on any atom is 0.326 e. The van der Waals surface area contributed by atoms with E-state index in [9.17, 15) is 14.4 Å². The second kappa shape index (κ2) is 6.81. The maximum absolute atomic E-state index is 11.4. The quantitative estimate of drug-likeness (QED) is 0.666. The second-order valence-electron chi connectivity index (χ2n) is 3.58. The van der Waals surface area contributed by atoms with Crippen LogP contribution in [0.2, 0.25) is 0 Å². The molecule has 6 nitrogen and oxygen atoms in total. The molecular weight excluding hydrogens is 250 g/mol. The van der Waals surface area contributed by atoms with Gasteiger partial charge in [0.25, 0.3) is 5.91 Å². The number of hydrogen-bond donors (Lipinski definition) is 3. The Balaban J connectivity index is 2.66. The Labute approximate surface area is 109 Å². The van der Waals surface area contributed by atoms with E-state index in [1.54, 1.807) is 30.3 Å². The predicted molar refractivity (Wildman–Crippen MR) is 65.1 cm³/mol. The molecule has 0 aliphatic heterocycles. The summed E-state index contributed by atoms with van der Waals surface area (Å²) in [5.74, 6) is 1.17. The number of carbonyl (C=O) groups excluding carboxylic acids is 1. The molecule has 0 aromatic heterocycles. The van der Waals surface area contributed by atoms with Gasteiger partial charge in [-0.05, 0) is 12.1 Å². The molecule has 6 heteroatoms. The topological polar surface area (TPSA) is 104 Å². The first-order valence-corrected chi connectivity index (χ1v) is 5.31. The Morgan fingerprint density at radius 1 is 1.16 bits per heavy atom. The van der Waals surface area contributed by atoms with Crippen LogP contribution in [-0.4, -0.2) is 34.1 Å². The van der Waals surface area contributed by atoms with Crippen molar-refractivity contribution in [3.8, 4) is 11.8 Å². The zero-order chi connectivity index (χ0) is 14.3. The SMILES string of the molecule is O=C(O)C[C@@H](NC(=O)C#Cc1ccccc1)C(=O)O. The summed E-state index contributed by atoms with van der Waals surface area (Å²) in [6.45, 7) is 0. The molecule has 1 rings (SSSR count). The number of benzene rings is 1. The van der Waals surface area contributed by atoms with Crippen molar-refractivity contribution < 1.29 is 24.6 Å². The van der Waals surface area contributed by atoms with Gasteiger partial charge in [-0.15, -0.1) is 0 Å². The Morgan fingerprint density at radius 3 is 2.32 bits per heavy atom. The molecule has 3 N–H and O–H groups in total. The molecule has 0 aliphatic carbocycles. The highest BCUT2D eigenvalue weighted by molar-refractivity contribution is 5.97. The number of carbonyl (C=O) groups is 3. The van der Waals surface area contributed by atoms with Crippen LogP contribution in [0.5, 0.6) is 0 Å². The summed E-state index contributed by atoms with van der Waals surface area (Å²) in [5, 5.41) is 19.3. The zero-order valence-electron chi connectivity index (χ0n) is 9.79. The van der Waals surface area contributed by atoms with Gasteiger partial charge in [0, 0.05) is 11.5 Å². The van der Waals surface area contributed by atoms with Gasteiger partial charge in [-0.25, -0.2) is 4.79 Å². The standard InChI is InChI=1S/C13H11NO5/c15-11(7-6-9-4-2-1-3-5-9)14-10(13(18)19)8-12(16)17/h1-5,10H,8H2,(H,14,15)(H,16,17)(H,18,19)/t10-/m1/s1. The van der Waals surface area contributed by atoms with Gasteiger partial charge < -0.3 is 15.5 Å². The van der Waals surface area contributed by atoms with Gasteiger partial charge in [0.2, 0.25) is 0 Å². The van der Waals surface area contributed by atoms with Crippen molar-refractivity contribution in [3.63, 3.8) is 0 Å². The summed E-state index contributed by atoms with van der Waals surface area (Å²) in [5.41, 5.74) is 0.600. The van der Waals surface area contributed by atoms with Crippen LogP contribution in [0.3, 0.4) is 0 Å². The van der Waals surface area contributed by atoms with Crippen LogP contribution in [0.4, 0.5) is 0 Å². The fourth-order valence-corrected chi connectivity index (χ4v) is 1.22. The lowest BCUT2D eigenvalue weighted by atomic mass is 10.2. The third-order valence-electron chi connectivity index (χ3n) is 2.08. The molecule has 1 aromatic carbocycles. The molecule has 0 unspecified atom stereocenters. The normalized spacial score (nSPS) is 10.7. The lowest BCUT2D eigenvalue weighted by Gasteiger charge is -2.09. The molecule has 98 valence electrons. The Morgan fingerprint density at radius 2 is 1.79 bits per heavy atom. The van der Waals surface area contributed by atoms with Crippen LogP contribution in [0.1, 0.15) is 12.0 Å². The smallest absolute Gasteiger partial charge is 0.326 e. The molecule has 0 bridgehead atoms. The number of nitrogens with one attached hydrogen (secondary N) is 1. The van der Waals surface area contributed by atoms with Crippen LogP contribution in [-0.2, 0) is 14.4 Å². The molecule has 0 heterocycles. The molecule has 0 fully saturated rings. The van der Waals surface area contributed by atoms with Gasteiger partial charge in [0.1, 0.15) is 6.04 Å². The number of hydrogen-bond acceptors (Lipinski definition) is 3. The molecule has 0 radical (unpaired) electrons. The molecule has 0 saturated carbocycles. The predicted octanol–water partition coefficient (Wildman–Crippen LogP) is 0.0822. The van der Waals surface area contributed by atoms with Gasteiger partial charge in [-0.1, -0.05) is 24.1 Å². The second-order valence-corrected chi connectivity index (χ2v) is 3.58. The number of aliphatic carboxylic acids is 2. The highest BCUT2D eigenvalue weighted by atomic mass is 16.4. The molecule has 1 atom stereocenters. The van der Waals surface area contributed by atoms with Gasteiger partial charge in [-0.2, -0.15) is 0 Å². The maximum atomic E-state index is 11.4. The van der Waals surface area contributed by atoms with E-state index < -0.39 is 30.3 Å². The van der Waals surface area contributed by atoms with E-state index in [0.717, 1.165) is 0 Å². The van der Waals surface area contributed by atoms with E-state index in [4.69, 9.17) is 10.2 Å². The van der Waals surface area contributed by atoms with E-state index >= 15 is 0 Å². The third-order valence-corrected chi connectivity index (χ3v) is 2.08. The van der Waals surface area contributed by atoms with Crippen molar-refractivity contribution >= 4 is 17.8 Å². The highest BCUT2D eigenvalue weighted by Crippen LogP contribution is 1.95. The lowest BCUT2D eigenvalue weighted by Crippen LogP contribution is -2.41. The number of amides is 1. The van der Waals surface area contributed by atoms with Gasteiger partial charge in [0.05, 0.1) is 6.42 Å². The first-order chi connectivity index (χ1) is 8.99. The van der Waals surface area contributed by atoms with E-state index in [1.165, 1.54) is 0 Å². The van der Waals surface area contributed by atoms with Crippen molar-refractivity contribution in [2.24, 2.45) is 0 Å². The molecule has 0 spiro atoms. The summed E-state index contributed by atoms with van der Waals surface area (Å²) >= 11 is 0. The first kappa shape index (κ1) is 14.3. The molecule has 1 aromatic rings. The van der Waals surface area contributed by atoms with Crippen LogP contribution < -0.4 is 5.32 Å². The van der Waals surface area contributed by atoms with Gasteiger partial charge >= 0.3 is 11.9 Å². The molecule has 19 heavy (non-hydrogen) atoms. The molecular formula is C13H11NO5. The summed E-state index contributed by atoms with van der Waals surface area (Å²) in [6, 6.07) is 7.16. The highest BCUT2D eigenvalue weighted by Gasteiger charge is 2.22. The average Bonchev–Trinajstić information content (AvgIpc) is 2.36. The number of carboxylic acid groups (broad SMARTS) is 2. The van der Waals surface area contributed by atoms with Crippen LogP contribution in [0, 0.1) is 11.8 Å². The van der Waals surface area contributed by atoms with Crippen molar-refractivity contribution in [1.29, 1.82) is 0 Å². The monoisotopic (exact) mass is 261 g/mol. The van der Waals surface area contributed by atoms with Crippen LogP contribution in [0.25, 0.3) is 0 Å². The van der Waals surface area contributed by atoms with Crippen LogP contribution in [0.15, 0.2) is 30.3 Å². The van der Waals surface area contributed by atoms with E-state index in [2.05, 4.69) is 11.8 Å². The minimum atomic E-state index is -1.49. The summed E-state index contributed by atoms with van der Waals surface area (Å²) in [6.07, 6.45) is -0.700. The third kappa shape index (κ3) is 5.37. The van der Waals surface area contributed by atoms with Crippen molar-refractivity contribution in [2.75, 3.05) is 0 Å². The fraction of sp³-hybridized carbons (Fsp3) is 0.154. The van der Waals surface area contributed by atoms with Crippen LogP contribution >= 0.6 is 0 Å². The Hall–Kier alpha value is -2.81. The van der Waals surface area contributed by atoms with Crippen molar-refractivity contribution in [2.45, 2.75) is 12.5 Å². The molecule has 0 saturated heterocycles.